The third-order valence-electron chi connectivity index (χ3n) is 2.09. The smallest absolute Gasteiger partial charge is 0.335 e. The lowest BCUT2D eigenvalue weighted by Crippen LogP contribution is -2.01. The maximum Gasteiger partial charge on any atom is 0.335 e. The molecule has 1 N–H and O–H groups in total. The number of rotatable bonds is 8. The zero-order valence-corrected chi connectivity index (χ0v) is 12.4. The summed E-state index contributed by atoms with van der Waals surface area (Å²) in [4.78, 5) is 10.7. The molecule has 0 aromatic heterocycles. The van der Waals surface area contributed by atoms with Gasteiger partial charge in [-0.05, 0) is 31.3 Å². The van der Waals surface area contributed by atoms with Crippen molar-refractivity contribution in [2.45, 2.75) is 13.8 Å². The Labute approximate surface area is 110 Å². The third kappa shape index (κ3) is 5.41. The van der Waals surface area contributed by atoms with Crippen LogP contribution in [-0.2, 0) is 9.05 Å². The van der Waals surface area contributed by atoms with Crippen LogP contribution in [0.4, 0.5) is 0 Å². The quantitative estimate of drug-likeness (QED) is 0.747. The molecule has 18 heavy (non-hydrogen) atoms. The zero-order valence-electron chi connectivity index (χ0n) is 10.5. The lowest BCUT2D eigenvalue weighted by atomic mass is 10.2. The lowest BCUT2D eigenvalue weighted by Gasteiger charge is -2.15. The van der Waals surface area contributed by atoms with Crippen molar-refractivity contribution in [3.8, 4) is 0 Å². The van der Waals surface area contributed by atoms with Crippen LogP contribution in [0.15, 0.2) is 24.3 Å². The Balaban J connectivity index is 2.48. The van der Waals surface area contributed by atoms with Gasteiger partial charge < -0.3 is 14.2 Å². The highest BCUT2D eigenvalue weighted by Gasteiger charge is 2.09. The van der Waals surface area contributed by atoms with Crippen LogP contribution >= 0.6 is 17.0 Å². The highest BCUT2D eigenvalue weighted by Crippen LogP contribution is 2.43. The lowest BCUT2D eigenvalue weighted by molar-refractivity contribution is 0.0697. The fourth-order valence-electron chi connectivity index (χ4n) is 1.30. The predicted molar refractivity (Wildman–Crippen MR) is 76.4 cm³/mol. The summed E-state index contributed by atoms with van der Waals surface area (Å²) in [6.45, 7) is 5.24. The average Bonchev–Trinajstić information content (AvgIpc) is 2.37. The molecule has 0 bridgehead atoms. The maximum atomic E-state index is 10.7. The van der Waals surface area contributed by atoms with E-state index < -0.39 is 14.3 Å². The summed E-state index contributed by atoms with van der Waals surface area (Å²) in [5, 5.41) is 9.93. The van der Waals surface area contributed by atoms with Gasteiger partial charge in [0.2, 0.25) is 0 Å². The van der Waals surface area contributed by atoms with E-state index in [-0.39, 0.29) is 0 Å². The van der Waals surface area contributed by atoms with E-state index in [0.29, 0.717) is 27.4 Å². The predicted octanol–water partition coefficient (Wildman–Crippen LogP) is 3.03. The third-order valence-corrected chi connectivity index (χ3v) is 5.59. The van der Waals surface area contributed by atoms with Gasteiger partial charge in [-0.2, -0.15) is 0 Å². The Kier molecular flexibility index (Phi) is 7.38. The van der Waals surface area contributed by atoms with E-state index in [2.05, 4.69) is 0 Å². The standard InChI is InChI=1S/C12H18O4P2/c1-3-15-18(16-4-2)9-17-11-7-5-10(6-8-11)12(13)14/h5-8,17H,3-4,9H2,1-2H3,(H,13,14). The molecule has 0 radical (unpaired) electrons. The summed E-state index contributed by atoms with van der Waals surface area (Å²) < 4.78 is 11.0. The molecule has 0 spiro atoms. The summed E-state index contributed by atoms with van der Waals surface area (Å²) in [5.74, 6) is -0.0283. The minimum Gasteiger partial charge on any atom is -0.478 e. The minimum absolute atomic E-state index is 0.320. The maximum absolute atomic E-state index is 10.7. The molecule has 0 heterocycles. The second-order valence-electron chi connectivity index (χ2n) is 3.39. The van der Waals surface area contributed by atoms with Crippen LogP contribution in [0.3, 0.4) is 0 Å². The van der Waals surface area contributed by atoms with E-state index >= 15 is 0 Å². The summed E-state index contributed by atoms with van der Waals surface area (Å²) in [6, 6.07) is 6.98. The molecule has 0 saturated carbocycles. The number of aromatic carboxylic acids is 1. The Morgan fingerprint density at radius 3 is 2.22 bits per heavy atom. The van der Waals surface area contributed by atoms with Gasteiger partial charge in [-0.1, -0.05) is 20.7 Å². The van der Waals surface area contributed by atoms with Crippen molar-refractivity contribution in [2.75, 3.05) is 19.1 Å². The number of carboxylic acids is 1. The van der Waals surface area contributed by atoms with Crippen LogP contribution in [0.5, 0.6) is 0 Å². The van der Waals surface area contributed by atoms with Gasteiger partial charge in [0.15, 0.2) is 8.38 Å². The molecule has 1 unspecified atom stereocenters. The Morgan fingerprint density at radius 1 is 1.22 bits per heavy atom. The van der Waals surface area contributed by atoms with Gasteiger partial charge in [-0.15, -0.1) is 0 Å². The monoisotopic (exact) mass is 288 g/mol. The molecule has 0 saturated heterocycles. The molecule has 1 aromatic rings. The Hall–Kier alpha value is -0.530. The molecule has 0 amide bonds. The van der Waals surface area contributed by atoms with Gasteiger partial charge in [0.05, 0.1) is 18.8 Å². The average molecular weight is 288 g/mol. The van der Waals surface area contributed by atoms with E-state index in [1.54, 1.807) is 12.1 Å². The highest BCUT2D eigenvalue weighted by molar-refractivity contribution is 7.64. The largest absolute Gasteiger partial charge is 0.478 e. The molecule has 100 valence electrons. The molecule has 0 aliphatic carbocycles. The van der Waals surface area contributed by atoms with E-state index in [1.165, 1.54) is 0 Å². The highest BCUT2D eigenvalue weighted by atomic mass is 31.2. The van der Waals surface area contributed by atoms with E-state index in [0.717, 1.165) is 11.2 Å². The van der Waals surface area contributed by atoms with Gasteiger partial charge in [0, 0.05) is 5.90 Å². The van der Waals surface area contributed by atoms with E-state index in [9.17, 15) is 4.79 Å². The normalized spacial score (nSPS) is 11.5. The Morgan fingerprint density at radius 2 is 1.78 bits per heavy atom. The summed E-state index contributed by atoms with van der Waals surface area (Å²) >= 11 is 0. The molecular weight excluding hydrogens is 270 g/mol. The van der Waals surface area contributed by atoms with Gasteiger partial charge in [-0.25, -0.2) is 4.79 Å². The molecule has 0 fully saturated rings. The first-order chi connectivity index (χ1) is 8.67. The first-order valence-corrected chi connectivity index (χ1v) is 8.35. The fourth-order valence-corrected chi connectivity index (χ4v) is 4.33. The van der Waals surface area contributed by atoms with Crippen LogP contribution in [0, 0.1) is 0 Å². The minimum atomic E-state index is -0.893. The van der Waals surface area contributed by atoms with Crippen molar-refractivity contribution in [1.29, 1.82) is 0 Å². The van der Waals surface area contributed by atoms with E-state index in [4.69, 9.17) is 14.2 Å². The van der Waals surface area contributed by atoms with Gasteiger partial charge in [0.25, 0.3) is 0 Å². The number of benzene rings is 1. The van der Waals surface area contributed by atoms with Crippen molar-refractivity contribution >= 4 is 28.2 Å². The first-order valence-electron chi connectivity index (χ1n) is 5.78. The second kappa shape index (κ2) is 8.55. The van der Waals surface area contributed by atoms with Crippen LogP contribution in [0.2, 0.25) is 0 Å². The van der Waals surface area contributed by atoms with Crippen LogP contribution in [-0.4, -0.2) is 30.2 Å². The molecule has 0 aliphatic heterocycles. The van der Waals surface area contributed by atoms with Crippen molar-refractivity contribution in [2.24, 2.45) is 0 Å². The summed E-state index contributed by atoms with van der Waals surface area (Å²) in [7, 11) is -0.228. The van der Waals surface area contributed by atoms with Crippen molar-refractivity contribution in [3.63, 3.8) is 0 Å². The summed E-state index contributed by atoms with van der Waals surface area (Å²) in [6.07, 6.45) is 0. The molecule has 0 aliphatic rings. The van der Waals surface area contributed by atoms with Crippen LogP contribution < -0.4 is 5.30 Å². The Bertz CT molecular complexity index is 361. The van der Waals surface area contributed by atoms with Crippen molar-refractivity contribution in [1.82, 2.24) is 0 Å². The molecule has 1 aromatic carbocycles. The summed E-state index contributed by atoms with van der Waals surface area (Å²) in [5.41, 5.74) is 0.320. The molecule has 1 atom stereocenters. The van der Waals surface area contributed by atoms with Gasteiger partial charge in [0.1, 0.15) is 0 Å². The van der Waals surface area contributed by atoms with E-state index in [1.807, 2.05) is 26.0 Å². The van der Waals surface area contributed by atoms with Crippen molar-refractivity contribution in [3.05, 3.63) is 29.8 Å². The van der Waals surface area contributed by atoms with Gasteiger partial charge in [-0.3, -0.25) is 0 Å². The topological polar surface area (TPSA) is 55.8 Å². The molecule has 6 heteroatoms. The number of hydrogen-bond acceptors (Lipinski definition) is 3. The SMILES string of the molecule is CCOP(CPc1ccc(C(=O)O)cc1)OCC. The fraction of sp³-hybridized carbons (Fsp3) is 0.417. The second-order valence-corrected chi connectivity index (χ2v) is 6.76. The zero-order chi connectivity index (χ0) is 13.4. The molecule has 1 rings (SSSR count). The van der Waals surface area contributed by atoms with Gasteiger partial charge >= 0.3 is 5.97 Å². The first kappa shape index (κ1) is 15.5. The molecular formula is C12H18O4P2. The van der Waals surface area contributed by atoms with Crippen LogP contribution in [0.25, 0.3) is 0 Å². The number of carboxylic acid groups (broad SMARTS) is 1. The van der Waals surface area contributed by atoms with Crippen molar-refractivity contribution < 1.29 is 18.9 Å². The number of carbonyl (C=O) groups is 1. The van der Waals surface area contributed by atoms with Crippen LogP contribution in [0.1, 0.15) is 24.2 Å². The number of hydrogen-bond donors (Lipinski definition) is 1. The molecule has 4 nitrogen and oxygen atoms in total.